The van der Waals surface area contributed by atoms with Crippen LogP contribution in [0.25, 0.3) is 5.69 Å². The van der Waals surface area contributed by atoms with Crippen molar-refractivity contribution < 1.29 is 19.0 Å². The van der Waals surface area contributed by atoms with Crippen LogP contribution >= 0.6 is 0 Å². The number of nitrogens with one attached hydrogen (secondary N) is 1. The minimum atomic E-state index is -0.779. The number of hydrogen-bond donors (Lipinski definition) is 2. The average Bonchev–Trinajstić information content (AvgIpc) is 3.16. The first-order valence-electron chi connectivity index (χ1n) is 8.33. The fourth-order valence-corrected chi connectivity index (χ4v) is 3.15. The van der Waals surface area contributed by atoms with E-state index in [4.69, 9.17) is 4.74 Å². The monoisotopic (exact) mass is 347 g/mol. The Morgan fingerprint density at radius 3 is 3.00 bits per heavy atom. The van der Waals surface area contributed by atoms with Gasteiger partial charge in [0.25, 0.3) is 5.91 Å². The van der Waals surface area contributed by atoms with Gasteiger partial charge in [0.05, 0.1) is 12.7 Å². The van der Waals surface area contributed by atoms with E-state index in [-0.39, 0.29) is 24.9 Å². The van der Waals surface area contributed by atoms with E-state index in [0.29, 0.717) is 11.4 Å². The number of nitrogens with zero attached hydrogens (tertiary/aromatic N) is 2. The molecule has 2 N–H and O–H groups in total. The molecule has 0 spiro atoms. The largest absolute Gasteiger partial charge is 0.389 e. The summed E-state index contributed by atoms with van der Waals surface area (Å²) in [6.07, 6.45) is 1.63. The highest BCUT2D eigenvalue weighted by Crippen LogP contribution is 2.28. The van der Waals surface area contributed by atoms with Crippen LogP contribution in [0.5, 0.6) is 0 Å². The van der Waals surface area contributed by atoms with Gasteiger partial charge < -0.3 is 15.2 Å². The van der Waals surface area contributed by atoms with Gasteiger partial charge in [-0.05, 0) is 43.9 Å². The van der Waals surface area contributed by atoms with Crippen molar-refractivity contribution in [3.8, 4) is 5.69 Å². The molecule has 0 fully saturated rings. The van der Waals surface area contributed by atoms with Gasteiger partial charge in [-0.15, -0.1) is 0 Å². The van der Waals surface area contributed by atoms with Crippen LogP contribution in [0.4, 0.5) is 4.39 Å². The van der Waals surface area contributed by atoms with E-state index in [1.165, 1.54) is 17.9 Å². The molecule has 6 nitrogen and oxygen atoms in total. The molecule has 0 aliphatic heterocycles. The predicted octanol–water partition coefficient (Wildman–Crippen LogP) is 1.55. The lowest BCUT2D eigenvalue weighted by Gasteiger charge is -2.10. The van der Waals surface area contributed by atoms with Crippen LogP contribution < -0.4 is 5.32 Å². The minimum Gasteiger partial charge on any atom is -0.389 e. The molecular formula is C18H22FN3O3. The highest BCUT2D eigenvalue weighted by molar-refractivity contribution is 5.94. The van der Waals surface area contributed by atoms with E-state index >= 15 is 0 Å². The molecule has 1 aliphatic rings. The number of amides is 1. The number of carbonyl (C=O) groups excluding carboxylic acids is 1. The number of methoxy groups -OCH3 is 1. The van der Waals surface area contributed by atoms with Crippen LogP contribution in [-0.2, 0) is 17.6 Å². The van der Waals surface area contributed by atoms with E-state index in [1.54, 1.807) is 6.07 Å². The zero-order valence-corrected chi connectivity index (χ0v) is 14.4. The third kappa shape index (κ3) is 3.57. The van der Waals surface area contributed by atoms with Gasteiger partial charge in [-0.2, -0.15) is 5.10 Å². The minimum absolute atomic E-state index is 0.0766. The quantitative estimate of drug-likeness (QED) is 0.831. The highest BCUT2D eigenvalue weighted by atomic mass is 19.1. The molecule has 7 heteroatoms. The predicted molar refractivity (Wildman–Crippen MR) is 90.5 cm³/mol. The molecule has 1 aliphatic carbocycles. The molecule has 0 saturated heterocycles. The number of aromatic nitrogens is 2. The molecule has 0 radical (unpaired) electrons. The fourth-order valence-electron chi connectivity index (χ4n) is 3.15. The number of benzene rings is 1. The second kappa shape index (κ2) is 7.33. The van der Waals surface area contributed by atoms with Crippen LogP contribution in [-0.4, -0.2) is 47.2 Å². The molecule has 1 aromatic carbocycles. The number of fused-ring (bicyclic) bond motifs is 1. The topological polar surface area (TPSA) is 76.4 Å². The molecule has 1 atom stereocenters. The molecule has 25 heavy (non-hydrogen) atoms. The summed E-state index contributed by atoms with van der Waals surface area (Å²) in [6.45, 7) is 2.04. The molecule has 1 aromatic heterocycles. The van der Waals surface area contributed by atoms with Crippen molar-refractivity contribution in [2.24, 2.45) is 0 Å². The van der Waals surface area contributed by atoms with Gasteiger partial charge >= 0.3 is 0 Å². The Morgan fingerprint density at radius 1 is 1.48 bits per heavy atom. The number of hydrogen-bond acceptors (Lipinski definition) is 4. The summed E-state index contributed by atoms with van der Waals surface area (Å²) in [5.41, 5.74) is 3.22. The van der Waals surface area contributed by atoms with Crippen molar-refractivity contribution in [1.29, 1.82) is 0 Å². The number of ether oxygens (including phenoxy) is 1. The normalized spacial score (nSPS) is 14.4. The van der Waals surface area contributed by atoms with Gasteiger partial charge in [0.1, 0.15) is 11.5 Å². The van der Waals surface area contributed by atoms with E-state index in [0.717, 1.165) is 36.1 Å². The first-order chi connectivity index (χ1) is 12.0. The molecule has 2 aromatic rings. The maximum Gasteiger partial charge on any atom is 0.272 e. The van der Waals surface area contributed by atoms with Crippen molar-refractivity contribution in [1.82, 2.24) is 15.1 Å². The van der Waals surface area contributed by atoms with Crippen molar-refractivity contribution in [3.05, 3.63) is 46.5 Å². The summed E-state index contributed by atoms with van der Waals surface area (Å²) in [4.78, 5) is 12.5. The maximum absolute atomic E-state index is 14.3. The van der Waals surface area contributed by atoms with Crippen molar-refractivity contribution >= 4 is 5.91 Å². The van der Waals surface area contributed by atoms with Gasteiger partial charge in [-0.25, -0.2) is 9.07 Å². The summed E-state index contributed by atoms with van der Waals surface area (Å²) in [5.74, 6) is -0.723. The molecule has 0 saturated carbocycles. The van der Waals surface area contributed by atoms with Crippen LogP contribution in [0.1, 0.15) is 33.7 Å². The first-order valence-corrected chi connectivity index (χ1v) is 8.33. The van der Waals surface area contributed by atoms with Gasteiger partial charge in [-0.3, -0.25) is 4.79 Å². The van der Waals surface area contributed by atoms with Crippen LogP contribution in [0.15, 0.2) is 18.2 Å². The van der Waals surface area contributed by atoms with Crippen molar-refractivity contribution in [2.45, 2.75) is 32.3 Å². The zero-order chi connectivity index (χ0) is 18.0. The van der Waals surface area contributed by atoms with Gasteiger partial charge in [0.2, 0.25) is 0 Å². The SMILES string of the molecule is COCC(O)CNC(=O)c1nn(-c2ccc(C)cc2F)c2c1CCC2. The Labute approximate surface area is 145 Å². The summed E-state index contributed by atoms with van der Waals surface area (Å²) < 4.78 is 20.7. The van der Waals surface area contributed by atoms with Crippen molar-refractivity contribution in [3.63, 3.8) is 0 Å². The number of carbonyl (C=O) groups is 1. The fraction of sp³-hybridized carbons (Fsp3) is 0.444. The molecule has 134 valence electrons. The lowest BCUT2D eigenvalue weighted by Crippen LogP contribution is -2.35. The van der Waals surface area contributed by atoms with Gasteiger partial charge in [-0.1, -0.05) is 6.07 Å². The number of rotatable bonds is 6. The Balaban J connectivity index is 1.88. The number of aliphatic hydroxyl groups excluding tert-OH is 1. The zero-order valence-electron chi connectivity index (χ0n) is 14.4. The lowest BCUT2D eigenvalue weighted by molar-refractivity contribution is 0.0608. The van der Waals surface area contributed by atoms with E-state index in [9.17, 15) is 14.3 Å². The van der Waals surface area contributed by atoms with Gasteiger partial charge in [0, 0.05) is 24.9 Å². The Bertz CT molecular complexity index is 788. The molecule has 1 heterocycles. The third-order valence-electron chi connectivity index (χ3n) is 4.33. The molecule has 1 unspecified atom stereocenters. The Hall–Kier alpha value is -2.25. The van der Waals surface area contributed by atoms with E-state index in [1.807, 2.05) is 13.0 Å². The summed E-state index contributed by atoms with van der Waals surface area (Å²) in [6, 6.07) is 4.96. The van der Waals surface area contributed by atoms with E-state index in [2.05, 4.69) is 10.4 Å². The Kier molecular flexibility index (Phi) is 5.15. The average molecular weight is 347 g/mol. The highest BCUT2D eigenvalue weighted by Gasteiger charge is 2.27. The number of halogens is 1. The van der Waals surface area contributed by atoms with Crippen molar-refractivity contribution in [2.75, 3.05) is 20.3 Å². The second-order valence-electron chi connectivity index (χ2n) is 6.31. The standard InChI is InChI=1S/C18H22FN3O3/c1-11-6-7-16(14(19)8-11)22-15-5-3-4-13(15)17(21-22)18(24)20-9-12(23)10-25-2/h6-8,12,23H,3-5,9-10H2,1-2H3,(H,20,24). The van der Waals surface area contributed by atoms with Crippen LogP contribution in [0, 0.1) is 12.7 Å². The number of aliphatic hydroxyl groups is 1. The lowest BCUT2D eigenvalue weighted by atomic mass is 10.2. The van der Waals surface area contributed by atoms with Crippen LogP contribution in [0.2, 0.25) is 0 Å². The van der Waals surface area contributed by atoms with Crippen LogP contribution in [0.3, 0.4) is 0 Å². The summed E-state index contributed by atoms with van der Waals surface area (Å²) in [7, 11) is 1.48. The molecule has 3 rings (SSSR count). The summed E-state index contributed by atoms with van der Waals surface area (Å²) in [5, 5.41) is 16.7. The second-order valence-corrected chi connectivity index (χ2v) is 6.31. The number of aryl methyl sites for hydroxylation is 1. The molecule has 0 bridgehead atoms. The Morgan fingerprint density at radius 2 is 2.28 bits per heavy atom. The maximum atomic E-state index is 14.3. The third-order valence-corrected chi connectivity index (χ3v) is 4.33. The van der Waals surface area contributed by atoms with E-state index < -0.39 is 6.10 Å². The van der Waals surface area contributed by atoms with Gasteiger partial charge in [0.15, 0.2) is 5.69 Å². The smallest absolute Gasteiger partial charge is 0.272 e. The molecule has 1 amide bonds. The first kappa shape index (κ1) is 17.6. The summed E-state index contributed by atoms with van der Waals surface area (Å²) >= 11 is 0. The molecular weight excluding hydrogens is 325 g/mol.